The lowest BCUT2D eigenvalue weighted by Gasteiger charge is -2.07. The predicted molar refractivity (Wildman–Crippen MR) is 95.7 cm³/mol. The molecule has 122 valence electrons. The summed E-state index contributed by atoms with van der Waals surface area (Å²) in [7, 11) is 1.56. The van der Waals surface area contributed by atoms with Crippen LogP contribution in [0, 0.1) is 11.3 Å². The Hall–Kier alpha value is -3.06. The first-order valence-corrected chi connectivity index (χ1v) is 7.70. The highest BCUT2D eigenvalue weighted by Gasteiger charge is 2.10. The van der Waals surface area contributed by atoms with E-state index in [1.54, 1.807) is 37.5 Å². The smallest absolute Gasteiger partial charge is 0.266 e. The average Bonchev–Trinajstić information content (AvgIpc) is 2.60. The van der Waals surface area contributed by atoms with Crippen molar-refractivity contribution in [3.05, 3.63) is 65.2 Å². The van der Waals surface area contributed by atoms with Crippen molar-refractivity contribution in [2.45, 2.75) is 19.8 Å². The number of carbonyl (C=O) groups is 1. The Morgan fingerprint density at radius 1 is 1.21 bits per heavy atom. The molecule has 1 amide bonds. The zero-order chi connectivity index (χ0) is 17.5. The molecule has 1 N–H and O–H groups in total. The van der Waals surface area contributed by atoms with Gasteiger partial charge in [0.05, 0.1) is 7.11 Å². The van der Waals surface area contributed by atoms with Gasteiger partial charge in [0, 0.05) is 11.8 Å². The fourth-order valence-electron chi connectivity index (χ4n) is 2.19. The van der Waals surface area contributed by atoms with Gasteiger partial charge in [-0.15, -0.1) is 0 Å². The molecule has 0 saturated heterocycles. The third kappa shape index (κ3) is 4.47. The zero-order valence-corrected chi connectivity index (χ0v) is 14.0. The Morgan fingerprint density at radius 2 is 1.92 bits per heavy atom. The third-order valence-electron chi connectivity index (χ3n) is 3.61. The van der Waals surface area contributed by atoms with E-state index in [1.807, 2.05) is 30.3 Å². The molecule has 0 atom stereocenters. The lowest BCUT2D eigenvalue weighted by molar-refractivity contribution is -0.112. The van der Waals surface area contributed by atoms with Crippen LogP contribution in [0.2, 0.25) is 0 Å². The highest BCUT2D eigenvalue weighted by molar-refractivity contribution is 6.09. The van der Waals surface area contributed by atoms with Crippen molar-refractivity contribution >= 4 is 17.7 Å². The minimum atomic E-state index is -0.446. The number of nitriles is 1. The number of nitrogens with zero attached hydrogens (tertiary/aromatic N) is 1. The molecular formula is C20H20N2O2. The summed E-state index contributed by atoms with van der Waals surface area (Å²) < 4.78 is 5.12. The summed E-state index contributed by atoms with van der Waals surface area (Å²) in [6.45, 7) is 4.24. The van der Waals surface area contributed by atoms with Gasteiger partial charge in [-0.05, 0) is 35.3 Å². The van der Waals surface area contributed by atoms with Crippen LogP contribution in [0.15, 0.2) is 54.1 Å². The van der Waals surface area contributed by atoms with Crippen molar-refractivity contribution in [1.82, 2.24) is 0 Å². The molecule has 0 radical (unpaired) electrons. The minimum Gasteiger partial charge on any atom is -0.497 e. The topological polar surface area (TPSA) is 62.1 Å². The molecule has 0 aromatic heterocycles. The predicted octanol–water partition coefficient (Wildman–Crippen LogP) is 4.36. The van der Waals surface area contributed by atoms with E-state index >= 15 is 0 Å². The van der Waals surface area contributed by atoms with Crippen molar-refractivity contribution in [2.75, 3.05) is 12.4 Å². The van der Waals surface area contributed by atoms with E-state index in [1.165, 1.54) is 5.56 Å². The van der Waals surface area contributed by atoms with Crippen LogP contribution in [0.25, 0.3) is 6.08 Å². The van der Waals surface area contributed by atoms with Crippen molar-refractivity contribution in [1.29, 1.82) is 5.26 Å². The van der Waals surface area contributed by atoms with E-state index in [2.05, 4.69) is 19.2 Å². The first-order chi connectivity index (χ1) is 11.5. The summed E-state index contributed by atoms with van der Waals surface area (Å²) in [6, 6.07) is 16.8. The van der Waals surface area contributed by atoms with Gasteiger partial charge in [-0.3, -0.25) is 4.79 Å². The van der Waals surface area contributed by atoms with Crippen LogP contribution >= 0.6 is 0 Å². The van der Waals surface area contributed by atoms with Crippen LogP contribution in [0.4, 0.5) is 5.69 Å². The number of hydrogen-bond acceptors (Lipinski definition) is 3. The molecule has 24 heavy (non-hydrogen) atoms. The number of nitrogens with one attached hydrogen (secondary N) is 1. The number of methoxy groups -OCH3 is 1. The molecule has 0 saturated carbocycles. The molecular weight excluding hydrogens is 300 g/mol. The van der Waals surface area contributed by atoms with Crippen molar-refractivity contribution in [2.24, 2.45) is 0 Å². The van der Waals surface area contributed by atoms with Gasteiger partial charge in [0.15, 0.2) is 0 Å². The van der Waals surface area contributed by atoms with Crippen molar-refractivity contribution in [3.63, 3.8) is 0 Å². The average molecular weight is 320 g/mol. The Kier molecular flexibility index (Phi) is 5.75. The normalized spacial score (nSPS) is 11.0. The third-order valence-corrected chi connectivity index (χ3v) is 3.61. The second-order valence-electron chi connectivity index (χ2n) is 5.68. The lowest BCUT2D eigenvalue weighted by atomic mass is 10.0. The van der Waals surface area contributed by atoms with E-state index < -0.39 is 5.91 Å². The van der Waals surface area contributed by atoms with E-state index in [9.17, 15) is 10.1 Å². The maximum Gasteiger partial charge on any atom is 0.266 e. The van der Waals surface area contributed by atoms with Gasteiger partial charge in [0.25, 0.3) is 5.91 Å². The SMILES string of the molecule is COc1cccc(NC(=O)/C(C#N)=C/c2ccc(C(C)C)cc2)c1. The molecule has 0 spiro atoms. The van der Waals surface area contributed by atoms with Gasteiger partial charge < -0.3 is 10.1 Å². The van der Waals surface area contributed by atoms with Gasteiger partial charge in [-0.25, -0.2) is 0 Å². The Bertz CT molecular complexity index is 784. The number of carbonyl (C=O) groups excluding carboxylic acids is 1. The number of amides is 1. The Morgan fingerprint density at radius 3 is 2.50 bits per heavy atom. The first kappa shape index (κ1) is 17.3. The van der Waals surface area contributed by atoms with Gasteiger partial charge in [-0.1, -0.05) is 44.2 Å². The number of rotatable bonds is 5. The standard InChI is InChI=1S/C20H20N2O2/c1-14(2)16-9-7-15(8-10-16)11-17(13-21)20(23)22-18-5-4-6-19(12-18)24-3/h4-12,14H,1-3H3,(H,22,23)/b17-11+. The fourth-order valence-corrected chi connectivity index (χ4v) is 2.19. The van der Waals surface area contributed by atoms with E-state index in [4.69, 9.17) is 4.74 Å². The van der Waals surface area contributed by atoms with Crippen LogP contribution in [-0.2, 0) is 4.79 Å². The lowest BCUT2D eigenvalue weighted by Crippen LogP contribution is -2.13. The molecule has 0 fully saturated rings. The summed E-state index contributed by atoms with van der Waals surface area (Å²) >= 11 is 0. The highest BCUT2D eigenvalue weighted by Crippen LogP contribution is 2.19. The maximum atomic E-state index is 12.3. The second-order valence-corrected chi connectivity index (χ2v) is 5.68. The number of ether oxygens (including phenoxy) is 1. The van der Waals surface area contributed by atoms with Crippen LogP contribution in [0.3, 0.4) is 0 Å². The first-order valence-electron chi connectivity index (χ1n) is 7.70. The summed E-state index contributed by atoms with van der Waals surface area (Å²) in [4.78, 5) is 12.3. The highest BCUT2D eigenvalue weighted by atomic mass is 16.5. The van der Waals surface area contributed by atoms with Crippen LogP contribution < -0.4 is 10.1 Å². The Labute approximate surface area is 142 Å². The second kappa shape index (κ2) is 7.98. The summed E-state index contributed by atoms with van der Waals surface area (Å²) in [6.07, 6.45) is 1.58. The minimum absolute atomic E-state index is 0.0510. The van der Waals surface area contributed by atoms with Gasteiger partial charge >= 0.3 is 0 Å². The number of hydrogen-bond donors (Lipinski definition) is 1. The monoisotopic (exact) mass is 320 g/mol. The largest absolute Gasteiger partial charge is 0.497 e. The summed E-state index contributed by atoms with van der Waals surface area (Å²) in [5.74, 6) is 0.632. The molecule has 0 aliphatic heterocycles. The van der Waals surface area contributed by atoms with Gasteiger partial charge in [-0.2, -0.15) is 5.26 Å². The molecule has 2 aromatic rings. The maximum absolute atomic E-state index is 12.3. The van der Waals surface area contributed by atoms with Crippen LogP contribution in [0.5, 0.6) is 5.75 Å². The molecule has 2 aromatic carbocycles. The van der Waals surface area contributed by atoms with Gasteiger partial charge in [0.2, 0.25) is 0 Å². The number of anilines is 1. The van der Waals surface area contributed by atoms with Crippen LogP contribution in [-0.4, -0.2) is 13.0 Å². The van der Waals surface area contributed by atoms with Gasteiger partial charge in [0.1, 0.15) is 17.4 Å². The van der Waals surface area contributed by atoms with Crippen LogP contribution in [0.1, 0.15) is 30.9 Å². The van der Waals surface area contributed by atoms with E-state index in [-0.39, 0.29) is 5.57 Å². The number of benzene rings is 2. The van der Waals surface area contributed by atoms with Crippen molar-refractivity contribution < 1.29 is 9.53 Å². The summed E-state index contributed by atoms with van der Waals surface area (Å²) in [5.41, 5.74) is 2.66. The molecule has 4 heteroatoms. The molecule has 0 aliphatic rings. The molecule has 0 aliphatic carbocycles. The molecule has 4 nitrogen and oxygen atoms in total. The molecule has 0 bridgehead atoms. The Balaban J connectivity index is 2.17. The summed E-state index contributed by atoms with van der Waals surface area (Å²) in [5, 5.41) is 12.0. The van der Waals surface area contributed by atoms with E-state index in [0.29, 0.717) is 17.4 Å². The van der Waals surface area contributed by atoms with Crippen molar-refractivity contribution in [3.8, 4) is 11.8 Å². The fraction of sp³-hybridized carbons (Fsp3) is 0.200. The molecule has 2 rings (SSSR count). The molecule has 0 heterocycles. The molecule has 0 unspecified atom stereocenters. The zero-order valence-electron chi connectivity index (χ0n) is 14.0. The quantitative estimate of drug-likeness (QED) is 0.657. The van der Waals surface area contributed by atoms with E-state index in [0.717, 1.165) is 5.56 Å².